The number of nitrogens with two attached hydrogens (primary N) is 1. The Morgan fingerprint density at radius 1 is 1.33 bits per heavy atom. The van der Waals surface area contributed by atoms with Gasteiger partial charge in [-0.05, 0) is 20.8 Å². The molecule has 0 aliphatic carbocycles. The molecule has 3 N–H and O–H groups in total. The van der Waals surface area contributed by atoms with Gasteiger partial charge in [-0.3, -0.25) is 0 Å². The minimum atomic E-state index is -0.0965. The molecule has 1 aromatic heterocycles. The number of guanidine groups is 1. The van der Waals surface area contributed by atoms with Crippen LogP contribution in [0.1, 0.15) is 53.2 Å². The van der Waals surface area contributed by atoms with Crippen LogP contribution >= 0.6 is 0 Å². The SMILES string of the molecule is CC(C)(C)NC(N)=NCc1ncc(C(C)(C)C)o1. The first-order chi connectivity index (χ1) is 8.08. The van der Waals surface area contributed by atoms with Crippen LogP contribution in [-0.4, -0.2) is 16.5 Å². The van der Waals surface area contributed by atoms with E-state index < -0.39 is 0 Å². The molecule has 102 valence electrons. The van der Waals surface area contributed by atoms with E-state index in [1.807, 2.05) is 20.8 Å². The standard InChI is InChI=1S/C13H24N4O/c1-12(2,3)9-7-15-10(18-9)8-16-11(14)17-13(4,5)6/h7H,8H2,1-6H3,(H3,14,16,17). The van der Waals surface area contributed by atoms with Gasteiger partial charge in [-0.15, -0.1) is 0 Å². The van der Waals surface area contributed by atoms with E-state index in [1.54, 1.807) is 6.20 Å². The molecule has 0 bridgehead atoms. The molecule has 5 nitrogen and oxygen atoms in total. The maximum atomic E-state index is 5.77. The van der Waals surface area contributed by atoms with E-state index >= 15 is 0 Å². The largest absolute Gasteiger partial charge is 0.443 e. The number of rotatable bonds is 2. The van der Waals surface area contributed by atoms with Gasteiger partial charge in [-0.1, -0.05) is 20.8 Å². The van der Waals surface area contributed by atoms with Crippen molar-refractivity contribution in [2.45, 2.75) is 59.0 Å². The molecule has 0 atom stereocenters. The van der Waals surface area contributed by atoms with Crippen LogP contribution in [0.5, 0.6) is 0 Å². The molecule has 1 rings (SSSR count). The van der Waals surface area contributed by atoms with Crippen LogP contribution in [0.15, 0.2) is 15.6 Å². The van der Waals surface area contributed by atoms with Crippen LogP contribution in [0.25, 0.3) is 0 Å². The van der Waals surface area contributed by atoms with Gasteiger partial charge in [0.25, 0.3) is 0 Å². The normalized spacial score (nSPS) is 13.8. The van der Waals surface area contributed by atoms with Crippen LogP contribution in [0, 0.1) is 0 Å². The number of aromatic nitrogens is 1. The fourth-order valence-corrected chi connectivity index (χ4v) is 1.31. The van der Waals surface area contributed by atoms with Crippen molar-refractivity contribution in [1.29, 1.82) is 0 Å². The lowest BCUT2D eigenvalue weighted by molar-refractivity contribution is 0.383. The molecule has 0 aliphatic rings. The van der Waals surface area contributed by atoms with Gasteiger partial charge in [0.1, 0.15) is 12.3 Å². The number of aliphatic imine (C=N–C) groups is 1. The van der Waals surface area contributed by atoms with E-state index in [1.165, 1.54) is 0 Å². The Morgan fingerprint density at radius 2 is 1.94 bits per heavy atom. The highest BCUT2D eigenvalue weighted by Crippen LogP contribution is 2.22. The van der Waals surface area contributed by atoms with Gasteiger partial charge in [0.05, 0.1) is 6.20 Å². The van der Waals surface area contributed by atoms with Crippen molar-refractivity contribution in [2.75, 3.05) is 0 Å². The lowest BCUT2D eigenvalue weighted by atomic mass is 9.94. The van der Waals surface area contributed by atoms with Gasteiger partial charge in [0, 0.05) is 11.0 Å². The number of hydrogen-bond acceptors (Lipinski definition) is 3. The quantitative estimate of drug-likeness (QED) is 0.624. The minimum Gasteiger partial charge on any atom is -0.443 e. The highest BCUT2D eigenvalue weighted by molar-refractivity contribution is 5.78. The zero-order valence-corrected chi connectivity index (χ0v) is 12.2. The van der Waals surface area contributed by atoms with E-state index in [4.69, 9.17) is 10.2 Å². The molecule has 18 heavy (non-hydrogen) atoms. The van der Waals surface area contributed by atoms with Gasteiger partial charge in [0.15, 0.2) is 5.96 Å². The van der Waals surface area contributed by atoms with Gasteiger partial charge in [0.2, 0.25) is 5.89 Å². The Kier molecular flexibility index (Phi) is 4.04. The Hall–Kier alpha value is -1.52. The monoisotopic (exact) mass is 252 g/mol. The predicted molar refractivity (Wildman–Crippen MR) is 73.4 cm³/mol. The third kappa shape index (κ3) is 4.77. The fraction of sp³-hybridized carbons (Fsp3) is 0.692. The third-order valence-corrected chi connectivity index (χ3v) is 2.18. The van der Waals surface area contributed by atoms with Gasteiger partial charge in [-0.2, -0.15) is 0 Å². The van der Waals surface area contributed by atoms with Crippen LogP contribution in [0.4, 0.5) is 0 Å². The average Bonchev–Trinajstić information content (AvgIpc) is 2.59. The number of nitrogens with one attached hydrogen (secondary N) is 1. The number of oxazole rings is 1. The molecule has 0 spiro atoms. The summed E-state index contributed by atoms with van der Waals surface area (Å²) < 4.78 is 5.63. The van der Waals surface area contributed by atoms with Crippen LogP contribution in [0.2, 0.25) is 0 Å². The summed E-state index contributed by atoms with van der Waals surface area (Å²) in [6.45, 7) is 12.7. The molecular formula is C13H24N4O. The van der Waals surface area contributed by atoms with Crippen LogP contribution < -0.4 is 11.1 Å². The molecule has 0 amide bonds. The topological polar surface area (TPSA) is 76.4 Å². The minimum absolute atomic E-state index is 0.0375. The second-order valence-corrected chi connectivity index (χ2v) is 6.44. The molecule has 0 saturated heterocycles. The lowest BCUT2D eigenvalue weighted by Gasteiger charge is -2.20. The smallest absolute Gasteiger partial charge is 0.216 e. The Bertz CT molecular complexity index is 421. The molecule has 0 saturated carbocycles. The van der Waals surface area contributed by atoms with Crippen molar-refractivity contribution in [3.05, 3.63) is 17.8 Å². The molecule has 5 heteroatoms. The second-order valence-electron chi connectivity index (χ2n) is 6.44. The van der Waals surface area contributed by atoms with Crippen LogP contribution in [-0.2, 0) is 12.0 Å². The molecule has 0 radical (unpaired) electrons. The van der Waals surface area contributed by atoms with Crippen molar-refractivity contribution < 1.29 is 4.42 Å². The summed E-state index contributed by atoms with van der Waals surface area (Å²) in [7, 11) is 0. The number of hydrogen-bond donors (Lipinski definition) is 2. The summed E-state index contributed by atoms with van der Waals surface area (Å²) >= 11 is 0. The Morgan fingerprint density at radius 3 is 2.39 bits per heavy atom. The predicted octanol–water partition coefficient (Wildman–Crippen LogP) is 2.17. The van der Waals surface area contributed by atoms with Gasteiger partial charge < -0.3 is 15.5 Å². The second kappa shape index (κ2) is 5.00. The van der Waals surface area contributed by atoms with E-state index in [0.717, 1.165) is 5.76 Å². The Balaban J connectivity index is 2.64. The highest BCUT2D eigenvalue weighted by Gasteiger charge is 2.19. The summed E-state index contributed by atoms with van der Waals surface area (Å²) in [5.41, 5.74) is 5.64. The lowest BCUT2D eigenvalue weighted by Crippen LogP contribution is -2.44. The van der Waals surface area contributed by atoms with Crippen molar-refractivity contribution in [3.63, 3.8) is 0 Å². The molecule has 0 fully saturated rings. The summed E-state index contributed by atoms with van der Waals surface area (Å²) in [5.74, 6) is 1.84. The first-order valence-corrected chi connectivity index (χ1v) is 6.11. The third-order valence-electron chi connectivity index (χ3n) is 2.18. The molecule has 0 unspecified atom stereocenters. The maximum absolute atomic E-state index is 5.77. The molecule has 1 aromatic rings. The van der Waals surface area contributed by atoms with E-state index in [9.17, 15) is 0 Å². The maximum Gasteiger partial charge on any atom is 0.216 e. The average molecular weight is 252 g/mol. The first kappa shape index (κ1) is 14.5. The van der Waals surface area contributed by atoms with Gasteiger partial charge in [-0.25, -0.2) is 9.98 Å². The summed E-state index contributed by atoms with van der Waals surface area (Å²) in [6, 6.07) is 0. The van der Waals surface area contributed by atoms with Gasteiger partial charge >= 0.3 is 0 Å². The van der Waals surface area contributed by atoms with Crippen molar-refractivity contribution in [2.24, 2.45) is 10.7 Å². The van der Waals surface area contributed by atoms with Crippen molar-refractivity contribution >= 4 is 5.96 Å². The first-order valence-electron chi connectivity index (χ1n) is 6.11. The summed E-state index contributed by atoms with van der Waals surface area (Å²) in [6.07, 6.45) is 1.75. The zero-order chi connectivity index (χ0) is 14.0. The molecule has 0 aliphatic heterocycles. The van der Waals surface area contributed by atoms with E-state index in [2.05, 4.69) is 36.1 Å². The summed E-state index contributed by atoms with van der Waals surface area (Å²) in [5, 5.41) is 3.08. The Labute approximate surface area is 109 Å². The molecular weight excluding hydrogens is 228 g/mol. The molecule has 1 heterocycles. The summed E-state index contributed by atoms with van der Waals surface area (Å²) in [4.78, 5) is 8.40. The fourth-order valence-electron chi connectivity index (χ4n) is 1.31. The number of nitrogens with zero attached hydrogens (tertiary/aromatic N) is 2. The van der Waals surface area contributed by atoms with E-state index in [0.29, 0.717) is 18.4 Å². The van der Waals surface area contributed by atoms with E-state index in [-0.39, 0.29) is 11.0 Å². The zero-order valence-electron chi connectivity index (χ0n) is 12.2. The highest BCUT2D eigenvalue weighted by atomic mass is 16.4. The molecule has 0 aromatic carbocycles. The van der Waals surface area contributed by atoms with Crippen molar-refractivity contribution in [1.82, 2.24) is 10.3 Å². The van der Waals surface area contributed by atoms with Crippen molar-refractivity contribution in [3.8, 4) is 0 Å². The van der Waals surface area contributed by atoms with Crippen LogP contribution in [0.3, 0.4) is 0 Å².